The molecule has 0 aromatic heterocycles. The van der Waals surface area contributed by atoms with Gasteiger partial charge in [0, 0.05) is 11.7 Å². The number of hydrogen-bond acceptors (Lipinski definition) is 2. The van der Waals surface area contributed by atoms with E-state index in [9.17, 15) is 4.79 Å². The first-order chi connectivity index (χ1) is 8.87. The molecule has 0 saturated heterocycles. The molecule has 3 heteroatoms. The lowest BCUT2D eigenvalue weighted by atomic mass is 9.75. The monoisotopic (exact) mass is 261 g/mol. The number of carboxylic acids is 1. The predicted octanol–water partition coefficient (Wildman–Crippen LogP) is 4.07. The minimum atomic E-state index is -0.858. The summed E-state index contributed by atoms with van der Waals surface area (Å²) >= 11 is 0. The molecule has 1 fully saturated rings. The van der Waals surface area contributed by atoms with Crippen LogP contribution < -0.4 is 5.32 Å². The summed E-state index contributed by atoms with van der Waals surface area (Å²) in [6.07, 6.45) is 4.93. The lowest BCUT2D eigenvalue weighted by Crippen LogP contribution is -2.31. The van der Waals surface area contributed by atoms with Crippen LogP contribution in [-0.4, -0.2) is 17.1 Å². The zero-order chi connectivity index (χ0) is 14.0. The number of aromatic carboxylic acids is 1. The standard InChI is InChI=1S/C16H23NO2/c1-11-9-12(6-7-14(11)15(18)19)17-13-5-4-8-16(2,3)10-13/h6-7,9,13,17H,4-5,8,10H2,1-3H3,(H,18,19). The van der Waals surface area contributed by atoms with Crippen molar-refractivity contribution in [3.05, 3.63) is 29.3 Å². The van der Waals surface area contributed by atoms with E-state index in [0.717, 1.165) is 11.3 Å². The van der Waals surface area contributed by atoms with Crippen LogP contribution in [0.5, 0.6) is 0 Å². The number of benzene rings is 1. The van der Waals surface area contributed by atoms with E-state index in [2.05, 4.69) is 19.2 Å². The summed E-state index contributed by atoms with van der Waals surface area (Å²) in [7, 11) is 0. The van der Waals surface area contributed by atoms with Crippen LogP contribution in [0.1, 0.15) is 55.5 Å². The van der Waals surface area contributed by atoms with Crippen molar-refractivity contribution in [1.29, 1.82) is 0 Å². The molecule has 2 rings (SSSR count). The van der Waals surface area contributed by atoms with Crippen LogP contribution in [0, 0.1) is 12.3 Å². The molecule has 0 heterocycles. The highest BCUT2D eigenvalue weighted by Crippen LogP contribution is 2.36. The Morgan fingerprint density at radius 2 is 2.16 bits per heavy atom. The Labute approximate surface area is 115 Å². The fraction of sp³-hybridized carbons (Fsp3) is 0.562. The second-order valence-electron chi connectivity index (χ2n) is 6.44. The molecule has 1 aromatic rings. The maximum atomic E-state index is 11.0. The smallest absolute Gasteiger partial charge is 0.335 e. The molecular formula is C16H23NO2. The van der Waals surface area contributed by atoms with Gasteiger partial charge in [-0.05, 0) is 55.4 Å². The molecule has 19 heavy (non-hydrogen) atoms. The maximum absolute atomic E-state index is 11.0. The molecule has 0 spiro atoms. The highest BCUT2D eigenvalue weighted by molar-refractivity contribution is 5.89. The van der Waals surface area contributed by atoms with Gasteiger partial charge in [-0.25, -0.2) is 4.79 Å². The second kappa shape index (κ2) is 5.24. The summed E-state index contributed by atoms with van der Waals surface area (Å²) in [5.41, 5.74) is 2.64. The van der Waals surface area contributed by atoms with Gasteiger partial charge in [0.1, 0.15) is 0 Å². The van der Waals surface area contributed by atoms with Crippen molar-refractivity contribution in [3.63, 3.8) is 0 Å². The molecular weight excluding hydrogens is 238 g/mol. The van der Waals surface area contributed by atoms with Gasteiger partial charge in [0.25, 0.3) is 0 Å². The third kappa shape index (κ3) is 3.49. The Hall–Kier alpha value is -1.51. The molecule has 1 aromatic carbocycles. The summed E-state index contributed by atoms with van der Waals surface area (Å²) in [6, 6.07) is 6.00. The molecule has 3 nitrogen and oxygen atoms in total. The number of anilines is 1. The van der Waals surface area contributed by atoms with Crippen molar-refractivity contribution in [3.8, 4) is 0 Å². The number of nitrogens with one attached hydrogen (secondary N) is 1. The van der Waals surface area contributed by atoms with Gasteiger partial charge >= 0.3 is 5.97 Å². The average Bonchev–Trinajstić information content (AvgIpc) is 2.27. The summed E-state index contributed by atoms with van der Waals surface area (Å²) in [5.74, 6) is -0.858. The second-order valence-corrected chi connectivity index (χ2v) is 6.44. The highest BCUT2D eigenvalue weighted by Gasteiger charge is 2.27. The van der Waals surface area contributed by atoms with Crippen LogP contribution in [-0.2, 0) is 0 Å². The van der Waals surface area contributed by atoms with Gasteiger partial charge in [-0.15, -0.1) is 0 Å². The first-order valence-electron chi connectivity index (χ1n) is 6.98. The minimum absolute atomic E-state index is 0.384. The molecule has 2 N–H and O–H groups in total. The van der Waals surface area contributed by atoms with Crippen molar-refractivity contribution in [2.45, 2.75) is 52.5 Å². The van der Waals surface area contributed by atoms with Gasteiger partial charge in [0.05, 0.1) is 5.56 Å². The minimum Gasteiger partial charge on any atom is -0.478 e. The van der Waals surface area contributed by atoms with Gasteiger partial charge in [-0.1, -0.05) is 20.3 Å². The van der Waals surface area contributed by atoms with Crippen LogP contribution in [0.3, 0.4) is 0 Å². The summed E-state index contributed by atoms with van der Waals surface area (Å²) in [5, 5.41) is 12.6. The van der Waals surface area contributed by atoms with Crippen molar-refractivity contribution in [2.24, 2.45) is 5.41 Å². The van der Waals surface area contributed by atoms with E-state index in [1.54, 1.807) is 6.07 Å². The van der Waals surface area contributed by atoms with E-state index in [-0.39, 0.29) is 0 Å². The molecule has 104 valence electrons. The number of aryl methyl sites for hydroxylation is 1. The first kappa shape index (κ1) is 13.9. The zero-order valence-electron chi connectivity index (χ0n) is 12.0. The molecule has 1 atom stereocenters. The Morgan fingerprint density at radius 3 is 2.74 bits per heavy atom. The van der Waals surface area contributed by atoms with E-state index in [0.29, 0.717) is 17.0 Å². The Morgan fingerprint density at radius 1 is 1.42 bits per heavy atom. The third-order valence-corrected chi connectivity index (χ3v) is 4.03. The Bertz CT molecular complexity index is 480. The molecule has 1 aliphatic rings. The van der Waals surface area contributed by atoms with Crippen molar-refractivity contribution in [2.75, 3.05) is 5.32 Å². The normalized spacial score (nSPS) is 21.9. The van der Waals surface area contributed by atoms with E-state index >= 15 is 0 Å². The predicted molar refractivity (Wildman–Crippen MR) is 77.8 cm³/mol. The number of carbonyl (C=O) groups is 1. The van der Waals surface area contributed by atoms with E-state index in [4.69, 9.17) is 5.11 Å². The van der Waals surface area contributed by atoms with E-state index in [1.807, 2.05) is 19.1 Å². The van der Waals surface area contributed by atoms with Gasteiger partial charge in [0.15, 0.2) is 0 Å². The third-order valence-electron chi connectivity index (χ3n) is 4.03. The summed E-state index contributed by atoms with van der Waals surface area (Å²) < 4.78 is 0. The van der Waals surface area contributed by atoms with Crippen molar-refractivity contribution >= 4 is 11.7 Å². The number of hydrogen-bond donors (Lipinski definition) is 2. The molecule has 0 aliphatic heterocycles. The van der Waals surface area contributed by atoms with Gasteiger partial charge in [-0.3, -0.25) is 0 Å². The van der Waals surface area contributed by atoms with Crippen LogP contribution >= 0.6 is 0 Å². The number of carboxylic acid groups (broad SMARTS) is 1. The van der Waals surface area contributed by atoms with E-state index < -0.39 is 5.97 Å². The van der Waals surface area contributed by atoms with Crippen LogP contribution in [0.4, 0.5) is 5.69 Å². The molecule has 0 radical (unpaired) electrons. The van der Waals surface area contributed by atoms with Crippen molar-refractivity contribution in [1.82, 2.24) is 0 Å². The van der Waals surface area contributed by atoms with Crippen LogP contribution in [0.15, 0.2) is 18.2 Å². The van der Waals surface area contributed by atoms with Gasteiger partial charge in [-0.2, -0.15) is 0 Å². The Balaban J connectivity index is 2.07. The summed E-state index contributed by atoms with van der Waals surface area (Å²) in [4.78, 5) is 11.0. The SMILES string of the molecule is Cc1cc(NC2CCCC(C)(C)C2)ccc1C(=O)O. The number of rotatable bonds is 3. The summed E-state index contributed by atoms with van der Waals surface area (Å²) in [6.45, 7) is 6.48. The molecule has 1 saturated carbocycles. The fourth-order valence-corrected chi connectivity index (χ4v) is 3.05. The van der Waals surface area contributed by atoms with Crippen molar-refractivity contribution < 1.29 is 9.90 Å². The highest BCUT2D eigenvalue weighted by atomic mass is 16.4. The fourth-order valence-electron chi connectivity index (χ4n) is 3.05. The van der Waals surface area contributed by atoms with Gasteiger partial charge in [0.2, 0.25) is 0 Å². The quantitative estimate of drug-likeness (QED) is 0.862. The molecule has 1 aliphatic carbocycles. The Kier molecular flexibility index (Phi) is 3.83. The van der Waals surface area contributed by atoms with Crippen LogP contribution in [0.2, 0.25) is 0 Å². The molecule has 1 unspecified atom stereocenters. The van der Waals surface area contributed by atoms with Crippen LogP contribution in [0.25, 0.3) is 0 Å². The molecule has 0 amide bonds. The molecule has 0 bridgehead atoms. The topological polar surface area (TPSA) is 49.3 Å². The lowest BCUT2D eigenvalue weighted by molar-refractivity contribution is 0.0696. The lowest BCUT2D eigenvalue weighted by Gasteiger charge is -2.36. The maximum Gasteiger partial charge on any atom is 0.335 e. The van der Waals surface area contributed by atoms with E-state index in [1.165, 1.54) is 25.7 Å². The average molecular weight is 261 g/mol. The largest absolute Gasteiger partial charge is 0.478 e. The first-order valence-corrected chi connectivity index (χ1v) is 6.98. The zero-order valence-corrected chi connectivity index (χ0v) is 12.0. The van der Waals surface area contributed by atoms with Gasteiger partial charge < -0.3 is 10.4 Å².